The van der Waals surface area contributed by atoms with Gasteiger partial charge in [-0.25, -0.2) is 4.79 Å². The molecule has 2 saturated carbocycles. The van der Waals surface area contributed by atoms with Crippen LogP contribution in [0.25, 0.3) is 0 Å². The summed E-state index contributed by atoms with van der Waals surface area (Å²) in [6.07, 6.45) is 10.7. The Bertz CT molecular complexity index is 1170. The van der Waals surface area contributed by atoms with Crippen LogP contribution < -0.4 is 21.3 Å². The SMILES string of the molecule is CCC(C)(CS(=O)C(C)(C)C)NC(=O)NC(C(=O)N1CCCC1C(=O)NC(CCC1CC1)C(=O)C(=O)NC1CC1)C(C)(C)C.CCCCC. The van der Waals surface area contributed by atoms with E-state index in [-0.39, 0.29) is 17.7 Å². The molecule has 5 atom stereocenters. The largest absolute Gasteiger partial charge is 0.347 e. The van der Waals surface area contributed by atoms with Crippen molar-refractivity contribution >= 4 is 40.3 Å². The second-order valence-electron chi connectivity index (χ2n) is 16.7. The van der Waals surface area contributed by atoms with Gasteiger partial charge >= 0.3 is 6.03 Å². The number of Topliss-reactive ketones (excluding diaryl/α,β-unsaturated/α-hetero) is 1. The highest BCUT2D eigenvalue weighted by atomic mass is 32.2. The highest BCUT2D eigenvalue weighted by Gasteiger charge is 2.44. The summed E-state index contributed by atoms with van der Waals surface area (Å²) in [5.74, 6) is -1.35. The van der Waals surface area contributed by atoms with Crippen LogP contribution in [0.4, 0.5) is 4.79 Å². The molecular weight excluding hydrogens is 643 g/mol. The van der Waals surface area contributed by atoms with Crippen LogP contribution in [0.5, 0.6) is 0 Å². The Morgan fingerprint density at radius 1 is 0.857 bits per heavy atom. The highest BCUT2D eigenvalue weighted by Crippen LogP contribution is 2.34. The fourth-order valence-corrected chi connectivity index (χ4v) is 6.92. The third kappa shape index (κ3) is 14.3. The number of urea groups is 1. The molecule has 0 aromatic rings. The minimum atomic E-state index is -1.20. The molecule has 0 radical (unpaired) electrons. The lowest BCUT2D eigenvalue weighted by atomic mass is 9.85. The van der Waals surface area contributed by atoms with Crippen LogP contribution >= 0.6 is 0 Å². The molecule has 0 bridgehead atoms. The summed E-state index contributed by atoms with van der Waals surface area (Å²) in [5, 5.41) is 11.4. The van der Waals surface area contributed by atoms with Gasteiger partial charge in [-0.05, 0) is 84.0 Å². The van der Waals surface area contributed by atoms with Crippen LogP contribution in [0, 0.1) is 11.3 Å². The minimum absolute atomic E-state index is 0.0315. The maximum Gasteiger partial charge on any atom is 0.315 e. The zero-order chi connectivity index (χ0) is 37.2. The topological polar surface area (TPSA) is 154 Å². The first-order chi connectivity index (χ1) is 22.8. The zero-order valence-electron chi connectivity index (χ0n) is 32.1. The summed E-state index contributed by atoms with van der Waals surface area (Å²) in [6, 6.07) is -3.20. The van der Waals surface area contributed by atoms with Crippen molar-refractivity contribution in [2.24, 2.45) is 11.3 Å². The van der Waals surface area contributed by atoms with E-state index in [1.807, 2.05) is 55.4 Å². The van der Waals surface area contributed by atoms with Gasteiger partial charge in [0.2, 0.25) is 17.6 Å². The molecule has 49 heavy (non-hydrogen) atoms. The van der Waals surface area contributed by atoms with Gasteiger partial charge in [-0.2, -0.15) is 0 Å². The maximum absolute atomic E-state index is 14.0. The number of amides is 5. The van der Waals surface area contributed by atoms with Gasteiger partial charge in [0, 0.05) is 33.9 Å². The first-order valence-corrected chi connectivity index (χ1v) is 20.0. The first-order valence-electron chi connectivity index (χ1n) is 18.7. The summed E-state index contributed by atoms with van der Waals surface area (Å²) >= 11 is 0. The van der Waals surface area contributed by atoms with Crippen molar-refractivity contribution in [3.63, 3.8) is 0 Å². The van der Waals surface area contributed by atoms with E-state index in [0.29, 0.717) is 38.1 Å². The van der Waals surface area contributed by atoms with Crippen LogP contribution in [0.15, 0.2) is 0 Å². The molecule has 4 N–H and O–H groups in total. The highest BCUT2D eigenvalue weighted by molar-refractivity contribution is 7.86. The number of ketones is 1. The van der Waals surface area contributed by atoms with Crippen molar-refractivity contribution in [3.05, 3.63) is 0 Å². The van der Waals surface area contributed by atoms with Crippen molar-refractivity contribution in [1.82, 2.24) is 26.2 Å². The molecule has 1 aliphatic heterocycles. The Morgan fingerprint density at radius 2 is 1.47 bits per heavy atom. The molecule has 12 heteroatoms. The Morgan fingerprint density at radius 3 is 1.94 bits per heavy atom. The predicted molar refractivity (Wildman–Crippen MR) is 196 cm³/mol. The van der Waals surface area contributed by atoms with E-state index in [1.165, 1.54) is 24.2 Å². The molecule has 282 valence electrons. The number of nitrogens with zero attached hydrogens (tertiary/aromatic N) is 1. The van der Waals surface area contributed by atoms with E-state index in [9.17, 15) is 28.2 Å². The molecule has 11 nitrogen and oxygen atoms in total. The van der Waals surface area contributed by atoms with Crippen LogP contribution in [0.3, 0.4) is 0 Å². The smallest absolute Gasteiger partial charge is 0.315 e. The lowest BCUT2D eigenvalue weighted by Crippen LogP contribution is -2.62. The van der Waals surface area contributed by atoms with Gasteiger partial charge in [0.25, 0.3) is 5.91 Å². The Kier molecular flexibility index (Phi) is 16.2. The number of likely N-dealkylation sites (tertiary alicyclic amines) is 1. The molecule has 1 saturated heterocycles. The lowest BCUT2D eigenvalue weighted by molar-refractivity contribution is -0.143. The Labute approximate surface area is 298 Å². The average Bonchev–Trinajstić information content (AvgIpc) is 3.95. The molecule has 2 aliphatic carbocycles. The number of unbranched alkanes of at least 4 members (excludes halogenated alkanes) is 2. The zero-order valence-corrected chi connectivity index (χ0v) is 32.9. The van der Waals surface area contributed by atoms with Crippen LogP contribution in [-0.2, 0) is 30.0 Å². The average molecular weight is 710 g/mol. The molecular formula is C37H67N5O6S. The number of rotatable bonds is 16. The van der Waals surface area contributed by atoms with Crippen LogP contribution in [0.2, 0.25) is 0 Å². The van der Waals surface area contributed by atoms with Gasteiger partial charge in [0.1, 0.15) is 12.1 Å². The molecule has 3 fully saturated rings. The molecule has 0 spiro atoms. The lowest BCUT2D eigenvalue weighted by Gasteiger charge is -2.37. The van der Waals surface area contributed by atoms with Crippen molar-refractivity contribution < 1.29 is 28.2 Å². The number of hydrogen-bond donors (Lipinski definition) is 4. The van der Waals surface area contributed by atoms with Gasteiger partial charge in [0.05, 0.1) is 11.6 Å². The summed E-state index contributed by atoms with van der Waals surface area (Å²) in [6.45, 7) is 19.7. The Balaban J connectivity index is 0.00000155. The van der Waals surface area contributed by atoms with Crippen molar-refractivity contribution in [2.45, 2.75) is 181 Å². The third-order valence-electron chi connectivity index (χ3n) is 9.59. The van der Waals surface area contributed by atoms with E-state index < -0.39 is 68.3 Å². The molecule has 1 heterocycles. The molecule has 3 rings (SSSR count). The predicted octanol–water partition coefficient (Wildman–Crippen LogP) is 5.13. The normalized spacial score (nSPS) is 20.9. The van der Waals surface area contributed by atoms with E-state index in [0.717, 1.165) is 32.1 Å². The van der Waals surface area contributed by atoms with E-state index in [4.69, 9.17) is 0 Å². The van der Waals surface area contributed by atoms with Crippen molar-refractivity contribution in [2.75, 3.05) is 12.3 Å². The van der Waals surface area contributed by atoms with E-state index in [1.54, 1.807) is 0 Å². The third-order valence-corrected chi connectivity index (χ3v) is 11.9. The molecule has 3 aliphatic rings. The standard InChI is InChI=1S/C32H55N5O6S.C5H12/c1-9-32(8,19-44(43)31(5,6)7)36-29(42)35-25(30(2,3)4)28(41)37-18-10-11-23(37)26(39)34-22(17-14-20-12-13-20)24(38)27(40)33-21-15-16-21;1-3-5-4-2/h20-23,25H,9-19H2,1-8H3,(H,33,40)(H,34,39)(H2,35,36,42);3-5H2,1-2H3. The van der Waals surface area contributed by atoms with Gasteiger partial charge in [-0.3, -0.25) is 23.4 Å². The maximum atomic E-state index is 14.0. The minimum Gasteiger partial charge on any atom is -0.347 e. The monoisotopic (exact) mass is 709 g/mol. The van der Waals surface area contributed by atoms with Gasteiger partial charge < -0.3 is 26.2 Å². The van der Waals surface area contributed by atoms with Crippen molar-refractivity contribution in [3.8, 4) is 0 Å². The first kappa shape index (κ1) is 42.7. The quantitative estimate of drug-likeness (QED) is 0.163. The van der Waals surface area contributed by atoms with Crippen LogP contribution in [0.1, 0.15) is 146 Å². The van der Waals surface area contributed by atoms with Gasteiger partial charge in [-0.15, -0.1) is 0 Å². The molecule has 5 unspecified atom stereocenters. The number of nitrogens with one attached hydrogen (secondary N) is 4. The molecule has 0 aromatic carbocycles. The number of hydrogen-bond acceptors (Lipinski definition) is 6. The van der Waals surface area contributed by atoms with Gasteiger partial charge in [-0.1, -0.05) is 73.6 Å². The Hall–Kier alpha value is -2.50. The van der Waals surface area contributed by atoms with Gasteiger partial charge in [0.15, 0.2) is 0 Å². The summed E-state index contributed by atoms with van der Waals surface area (Å²) in [5.41, 5.74) is -1.43. The second-order valence-corrected chi connectivity index (χ2v) is 18.9. The number of carbonyl (C=O) groups is 5. The molecule has 5 amide bonds. The van der Waals surface area contributed by atoms with E-state index >= 15 is 0 Å². The van der Waals surface area contributed by atoms with E-state index in [2.05, 4.69) is 35.1 Å². The second kappa shape index (κ2) is 18.7. The fourth-order valence-electron chi connectivity index (χ4n) is 5.63. The van der Waals surface area contributed by atoms with Crippen molar-refractivity contribution in [1.29, 1.82) is 0 Å². The van der Waals surface area contributed by atoms with Crippen LogP contribution in [-0.4, -0.2) is 85.4 Å². The summed E-state index contributed by atoms with van der Waals surface area (Å²) in [4.78, 5) is 68.0. The summed E-state index contributed by atoms with van der Waals surface area (Å²) in [7, 11) is -1.20. The fraction of sp³-hybridized carbons (Fsp3) is 0.865. The molecule has 0 aromatic heterocycles. The summed E-state index contributed by atoms with van der Waals surface area (Å²) < 4.78 is 12.4. The number of carbonyl (C=O) groups excluding carboxylic acids is 5.